The average Bonchev–Trinajstić information content (AvgIpc) is 2.67. The Bertz CT molecular complexity index is 711. The molecule has 1 aliphatic rings. The fourth-order valence-electron chi connectivity index (χ4n) is 2.47. The molecular formula is C18H21O8P. The van der Waals surface area contributed by atoms with Crippen LogP contribution < -0.4 is 9.05 Å². The Labute approximate surface area is 156 Å². The van der Waals surface area contributed by atoms with Crippen molar-refractivity contribution in [3.8, 4) is 11.5 Å². The molecule has 3 rings (SSSR count). The van der Waals surface area contributed by atoms with Gasteiger partial charge in [-0.1, -0.05) is 36.4 Å². The van der Waals surface area contributed by atoms with Crippen LogP contribution in [0.5, 0.6) is 11.5 Å². The molecule has 1 heterocycles. The van der Waals surface area contributed by atoms with Crippen LogP contribution >= 0.6 is 7.82 Å². The summed E-state index contributed by atoms with van der Waals surface area (Å²) in [5.41, 5.74) is 0. The molecular weight excluding hydrogens is 375 g/mol. The minimum Gasteiger partial charge on any atom is -0.395 e. The second kappa shape index (κ2) is 8.84. The topological polar surface area (TPSA) is 115 Å². The van der Waals surface area contributed by atoms with Crippen molar-refractivity contribution in [1.82, 2.24) is 0 Å². The largest absolute Gasteiger partial charge is 0.587 e. The zero-order chi connectivity index (χ0) is 19.3. The lowest BCUT2D eigenvalue weighted by atomic mass is 10.0. The van der Waals surface area contributed by atoms with Crippen molar-refractivity contribution in [2.24, 2.45) is 0 Å². The van der Waals surface area contributed by atoms with E-state index in [0.29, 0.717) is 0 Å². The third-order valence-electron chi connectivity index (χ3n) is 3.92. The van der Waals surface area contributed by atoms with Gasteiger partial charge in [-0.3, -0.25) is 4.52 Å². The molecule has 0 aliphatic carbocycles. The van der Waals surface area contributed by atoms with Gasteiger partial charge in [0.1, 0.15) is 35.9 Å². The Morgan fingerprint density at radius 3 is 1.93 bits per heavy atom. The molecule has 8 nitrogen and oxygen atoms in total. The van der Waals surface area contributed by atoms with E-state index in [1.54, 1.807) is 60.7 Å². The highest BCUT2D eigenvalue weighted by molar-refractivity contribution is 7.49. The maximum atomic E-state index is 13.1. The zero-order valence-corrected chi connectivity index (χ0v) is 15.2. The summed E-state index contributed by atoms with van der Waals surface area (Å²) in [4.78, 5) is 0. The van der Waals surface area contributed by atoms with Gasteiger partial charge in [0.2, 0.25) is 0 Å². The van der Waals surface area contributed by atoms with E-state index >= 15 is 0 Å². The second-order valence-corrected chi connectivity index (χ2v) is 7.49. The Balaban J connectivity index is 1.72. The molecule has 1 aliphatic heterocycles. The minimum atomic E-state index is -4.13. The first-order valence-corrected chi connectivity index (χ1v) is 9.82. The fourth-order valence-corrected chi connectivity index (χ4v) is 3.70. The Hall–Kier alpha value is -1.93. The summed E-state index contributed by atoms with van der Waals surface area (Å²) in [6.45, 7) is -0.558. The SMILES string of the molecule is O=P(OC[C@H]1OC[C@H](O)[C@@H](O)[C@@H]1O)(Oc1ccccc1)Oc1ccccc1. The molecule has 146 valence electrons. The number of hydrogen-bond donors (Lipinski definition) is 3. The predicted molar refractivity (Wildman–Crippen MR) is 95.5 cm³/mol. The summed E-state index contributed by atoms with van der Waals surface area (Å²) in [7, 11) is -4.13. The maximum absolute atomic E-state index is 13.1. The van der Waals surface area contributed by atoms with Crippen LogP contribution in [0, 0.1) is 0 Å². The van der Waals surface area contributed by atoms with Crippen LogP contribution in [0.3, 0.4) is 0 Å². The van der Waals surface area contributed by atoms with Gasteiger partial charge >= 0.3 is 7.82 Å². The van der Waals surface area contributed by atoms with E-state index in [1.165, 1.54) is 0 Å². The molecule has 0 saturated carbocycles. The van der Waals surface area contributed by atoms with Gasteiger partial charge in [-0.05, 0) is 24.3 Å². The lowest BCUT2D eigenvalue weighted by molar-refractivity contribution is -0.193. The molecule has 9 heteroatoms. The number of ether oxygens (including phenoxy) is 1. The summed E-state index contributed by atoms with van der Waals surface area (Å²) in [5, 5.41) is 29.3. The lowest BCUT2D eigenvalue weighted by Gasteiger charge is -2.35. The van der Waals surface area contributed by atoms with Gasteiger partial charge in [0, 0.05) is 0 Å². The van der Waals surface area contributed by atoms with Crippen molar-refractivity contribution in [3.05, 3.63) is 60.7 Å². The minimum absolute atomic E-state index is 0.185. The number of rotatable bonds is 7. The molecule has 0 spiro atoms. The van der Waals surface area contributed by atoms with Crippen molar-refractivity contribution in [2.45, 2.75) is 24.4 Å². The summed E-state index contributed by atoms with van der Waals surface area (Å²) < 4.78 is 34.6. The summed E-state index contributed by atoms with van der Waals surface area (Å²) in [6.07, 6.45) is -5.01. The van der Waals surface area contributed by atoms with Gasteiger partial charge in [0.05, 0.1) is 13.2 Å². The number of para-hydroxylation sites is 2. The number of hydrogen-bond acceptors (Lipinski definition) is 8. The second-order valence-electron chi connectivity index (χ2n) is 5.97. The van der Waals surface area contributed by atoms with Gasteiger partial charge in [-0.15, -0.1) is 0 Å². The van der Waals surface area contributed by atoms with Gasteiger partial charge < -0.3 is 29.1 Å². The van der Waals surface area contributed by atoms with E-state index in [1.807, 2.05) is 0 Å². The number of aliphatic hydroxyl groups excluding tert-OH is 3. The number of phosphoric acid groups is 1. The molecule has 4 atom stereocenters. The van der Waals surface area contributed by atoms with Gasteiger partial charge in [-0.2, -0.15) is 0 Å². The maximum Gasteiger partial charge on any atom is 0.587 e. The molecule has 1 fully saturated rings. The molecule has 0 bridgehead atoms. The summed E-state index contributed by atoms with van der Waals surface area (Å²) in [6, 6.07) is 16.7. The smallest absolute Gasteiger partial charge is 0.395 e. The number of aliphatic hydroxyl groups is 3. The van der Waals surface area contributed by atoms with Crippen molar-refractivity contribution < 1.29 is 38.2 Å². The van der Waals surface area contributed by atoms with Crippen molar-refractivity contribution in [1.29, 1.82) is 0 Å². The Morgan fingerprint density at radius 1 is 0.889 bits per heavy atom. The fraction of sp³-hybridized carbons (Fsp3) is 0.333. The van der Waals surface area contributed by atoms with E-state index in [0.717, 1.165) is 0 Å². The summed E-state index contributed by atoms with van der Waals surface area (Å²) in [5.74, 6) is 0.551. The van der Waals surface area contributed by atoms with E-state index in [4.69, 9.17) is 18.3 Å². The molecule has 0 unspecified atom stereocenters. The third kappa shape index (κ3) is 5.29. The lowest BCUT2D eigenvalue weighted by Crippen LogP contribution is -2.54. The van der Waals surface area contributed by atoms with E-state index in [2.05, 4.69) is 0 Å². The van der Waals surface area contributed by atoms with E-state index in [9.17, 15) is 19.9 Å². The molecule has 0 amide bonds. The first-order valence-electron chi connectivity index (χ1n) is 8.36. The summed E-state index contributed by atoms with van der Waals surface area (Å²) >= 11 is 0. The first-order chi connectivity index (χ1) is 13.0. The molecule has 0 radical (unpaired) electrons. The molecule has 1 saturated heterocycles. The average molecular weight is 396 g/mol. The predicted octanol–water partition coefficient (Wildman–Crippen LogP) is 1.75. The van der Waals surface area contributed by atoms with Crippen molar-refractivity contribution >= 4 is 7.82 Å². The third-order valence-corrected chi connectivity index (χ3v) is 5.26. The monoisotopic (exact) mass is 396 g/mol. The van der Waals surface area contributed by atoms with Gasteiger partial charge in [0.15, 0.2) is 0 Å². The van der Waals surface area contributed by atoms with Crippen LogP contribution in [0.25, 0.3) is 0 Å². The highest BCUT2D eigenvalue weighted by atomic mass is 31.2. The van der Waals surface area contributed by atoms with E-state index < -0.39 is 32.2 Å². The number of phosphoric ester groups is 1. The highest BCUT2D eigenvalue weighted by Gasteiger charge is 2.40. The van der Waals surface area contributed by atoms with Crippen molar-refractivity contribution in [3.63, 3.8) is 0 Å². The quantitative estimate of drug-likeness (QED) is 0.607. The zero-order valence-electron chi connectivity index (χ0n) is 14.3. The van der Waals surface area contributed by atoms with Crippen LogP contribution in [0.15, 0.2) is 60.7 Å². The van der Waals surface area contributed by atoms with Gasteiger partial charge in [-0.25, -0.2) is 4.57 Å². The van der Waals surface area contributed by atoms with Crippen LogP contribution in [-0.4, -0.2) is 52.9 Å². The molecule has 0 aromatic heterocycles. The van der Waals surface area contributed by atoms with Crippen LogP contribution in [-0.2, 0) is 13.8 Å². The molecule has 3 N–H and O–H groups in total. The van der Waals surface area contributed by atoms with Crippen LogP contribution in [0.2, 0.25) is 0 Å². The Kier molecular flexibility index (Phi) is 6.49. The molecule has 2 aromatic carbocycles. The Morgan fingerprint density at radius 2 is 1.41 bits per heavy atom. The highest BCUT2D eigenvalue weighted by Crippen LogP contribution is 2.49. The van der Waals surface area contributed by atoms with Crippen LogP contribution in [0.4, 0.5) is 0 Å². The number of benzene rings is 2. The molecule has 2 aromatic rings. The normalized spacial score (nSPS) is 25.7. The van der Waals surface area contributed by atoms with Gasteiger partial charge in [0.25, 0.3) is 0 Å². The first kappa shape index (κ1) is 19.8. The molecule has 27 heavy (non-hydrogen) atoms. The van der Waals surface area contributed by atoms with E-state index in [-0.39, 0.29) is 24.7 Å². The van der Waals surface area contributed by atoms with Crippen LogP contribution in [0.1, 0.15) is 0 Å². The van der Waals surface area contributed by atoms with Crippen molar-refractivity contribution in [2.75, 3.05) is 13.2 Å². The standard InChI is InChI=1S/C18H21O8P/c19-15-11-23-16(18(21)17(15)20)12-24-27(22,25-13-7-3-1-4-8-13)26-14-9-5-2-6-10-14/h1-10,15-21H,11-12H2/t15-,16+,17+,18+/m0/s1.